The molecular formula is C17H28IN5OS. The van der Waals surface area contributed by atoms with Crippen molar-refractivity contribution < 1.29 is 4.42 Å². The van der Waals surface area contributed by atoms with Crippen molar-refractivity contribution in [1.82, 2.24) is 20.4 Å². The van der Waals surface area contributed by atoms with Gasteiger partial charge in [0.1, 0.15) is 5.76 Å². The summed E-state index contributed by atoms with van der Waals surface area (Å²) in [6, 6.07) is 3.90. The lowest BCUT2D eigenvalue weighted by Gasteiger charge is -2.12. The summed E-state index contributed by atoms with van der Waals surface area (Å²) >= 11 is 1.81. The maximum absolute atomic E-state index is 5.36. The summed E-state index contributed by atoms with van der Waals surface area (Å²) in [4.78, 5) is 4.72. The maximum atomic E-state index is 5.36. The van der Waals surface area contributed by atoms with Crippen molar-refractivity contribution in [2.24, 2.45) is 12.0 Å². The molecule has 2 heterocycles. The molecule has 0 spiro atoms. The minimum absolute atomic E-state index is 0. The Labute approximate surface area is 171 Å². The van der Waals surface area contributed by atoms with Gasteiger partial charge in [0.05, 0.1) is 18.5 Å². The van der Waals surface area contributed by atoms with Crippen LogP contribution >= 0.6 is 35.7 Å². The van der Waals surface area contributed by atoms with Gasteiger partial charge in [0.2, 0.25) is 0 Å². The van der Waals surface area contributed by atoms with Crippen molar-refractivity contribution >= 4 is 41.7 Å². The summed E-state index contributed by atoms with van der Waals surface area (Å²) in [5.74, 6) is 2.85. The number of aryl methyl sites for hydroxylation is 2. The monoisotopic (exact) mass is 477 g/mol. The van der Waals surface area contributed by atoms with E-state index in [4.69, 9.17) is 9.41 Å². The van der Waals surface area contributed by atoms with E-state index in [-0.39, 0.29) is 24.0 Å². The quantitative estimate of drug-likeness (QED) is 0.265. The minimum atomic E-state index is 0. The number of nitrogens with one attached hydrogen (secondary N) is 2. The van der Waals surface area contributed by atoms with Crippen LogP contribution < -0.4 is 10.6 Å². The molecule has 0 saturated heterocycles. The molecule has 0 amide bonds. The molecule has 0 aliphatic rings. The molecule has 0 unspecified atom stereocenters. The predicted octanol–water partition coefficient (Wildman–Crippen LogP) is 2.89. The fourth-order valence-electron chi connectivity index (χ4n) is 2.41. The lowest BCUT2D eigenvalue weighted by Crippen LogP contribution is -2.39. The van der Waals surface area contributed by atoms with Gasteiger partial charge in [-0.3, -0.25) is 4.68 Å². The van der Waals surface area contributed by atoms with Crippen LogP contribution in [0.15, 0.2) is 27.8 Å². The number of thioether (sulfide) groups is 1. The lowest BCUT2D eigenvalue weighted by molar-refractivity contribution is 0.507. The van der Waals surface area contributed by atoms with Gasteiger partial charge in [-0.25, -0.2) is 4.99 Å². The van der Waals surface area contributed by atoms with Crippen LogP contribution in [0.3, 0.4) is 0 Å². The van der Waals surface area contributed by atoms with E-state index in [9.17, 15) is 0 Å². The number of aliphatic imine (C=N–C) groups is 1. The fraction of sp³-hybridized carbons (Fsp3) is 0.529. The van der Waals surface area contributed by atoms with Crippen molar-refractivity contribution in [3.8, 4) is 0 Å². The molecule has 2 aromatic heterocycles. The number of halogens is 1. The van der Waals surface area contributed by atoms with Crippen molar-refractivity contribution in [3.63, 3.8) is 0 Å². The molecule has 0 saturated carbocycles. The zero-order valence-electron chi connectivity index (χ0n) is 15.3. The molecule has 2 rings (SSSR count). The normalized spacial score (nSPS) is 11.3. The van der Waals surface area contributed by atoms with Gasteiger partial charge in [0, 0.05) is 43.6 Å². The highest BCUT2D eigenvalue weighted by atomic mass is 127. The van der Waals surface area contributed by atoms with E-state index in [0.29, 0.717) is 6.54 Å². The van der Waals surface area contributed by atoms with Crippen LogP contribution in [0.1, 0.15) is 22.7 Å². The van der Waals surface area contributed by atoms with E-state index in [1.807, 2.05) is 42.5 Å². The van der Waals surface area contributed by atoms with Crippen LogP contribution in [0.2, 0.25) is 0 Å². The molecule has 2 aromatic rings. The summed E-state index contributed by atoms with van der Waals surface area (Å²) < 4.78 is 7.27. The molecule has 2 N–H and O–H groups in total. The number of rotatable bonds is 8. The van der Waals surface area contributed by atoms with E-state index in [0.717, 1.165) is 48.4 Å². The van der Waals surface area contributed by atoms with E-state index in [1.54, 1.807) is 6.26 Å². The average Bonchev–Trinajstić information content (AvgIpc) is 3.15. The zero-order valence-corrected chi connectivity index (χ0v) is 18.5. The smallest absolute Gasteiger partial charge is 0.191 e. The Hall–Kier alpha value is -1.16. The minimum Gasteiger partial charge on any atom is -0.469 e. The second-order valence-corrected chi connectivity index (χ2v) is 6.60. The number of guanidine groups is 1. The first-order valence-corrected chi connectivity index (χ1v) is 9.53. The molecule has 0 bridgehead atoms. The van der Waals surface area contributed by atoms with Crippen LogP contribution in [0.25, 0.3) is 0 Å². The average molecular weight is 477 g/mol. The van der Waals surface area contributed by atoms with Gasteiger partial charge in [-0.1, -0.05) is 0 Å². The van der Waals surface area contributed by atoms with Gasteiger partial charge in [-0.05, 0) is 32.2 Å². The number of hydrogen-bond donors (Lipinski definition) is 2. The highest BCUT2D eigenvalue weighted by Crippen LogP contribution is 2.12. The van der Waals surface area contributed by atoms with E-state index < -0.39 is 0 Å². The molecule has 0 aliphatic carbocycles. The highest BCUT2D eigenvalue weighted by Gasteiger charge is 2.09. The molecule has 8 heteroatoms. The zero-order chi connectivity index (χ0) is 17.4. The molecule has 25 heavy (non-hydrogen) atoms. The van der Waals surface area contributed by atoms with E-state index in [2.05, 4.69) is 28.9 Å². The third kappa shape index (κ3) is 6.93. The van der Waals surface area contributed by atoms with Crippen LogP contribution in [-0.2, 0) is 20.0 Å². The van der Waals surface area contributed by atoms with Crippen molar-refractivity contribution in [3.05, 3.63) is 41.1 Å². The second kappa shape index (κ2) is 11.5. The van der Waals surface area contributed by atoms with Gasteiger partial charge in [0.15, 0.2) is 5.96 Å². The molecular weight excluding hydrogens is 449 g/mol. The third-order valence-corrected chi connectivity index (χ3v) is 4.51. The van der Waals surface area contributed by atoms with E-state index in [1.165, 1.54) is 5.56 Å². The van der Waals surface area contributed by atoms with Crippen molar-refractivity contribution in [2.75, 3.05) is 25.1 Å². The summed E-state index contributed by atoms with van der Waals surface area (Å²) in [5, 5.41) is 11.2. The number of furan rings is 1. The Kier molecular flexibility index (Phi) is 10.0. The molecule has 0 aromatic carbocycles. The summed E-state index contributed by atoms with van der Waals surface area (Å²) in [6.45, 7) is 6.41. The number of aromatic nitrogens is 2. The fourth-order valence-corrected chi connectivity index (χ4v) is 2.72. The first kappa shape index (κ1) is 21.9. The van der Waals surface area contributed by atoms with Gasteiger partial charge >= 0.3 is 0 Å². The summed E-state index contributed by atoms with van der Waals surface area (Å²) in [5.41, 5.74) is 3.39. The Morgan fingerprint density at radius 2 is 2.08 bits per heavy atom. The Balaban J connectivity index is 0.00000312. The largest absolute Gasteiger partial charge is 0.469 e. The van der Waals surface area contributed by atoms with E-state index >= 15 is 0 Å². The van der Waals surface area contributed by atoms with Gasteiger partial charge in [-0.15, -0.1) is 24.0 Å². The Morgan fingerprint density at radius 3 is 2.68 bits per heavy atom. The van der Waals surface area contributed by atoms with Gasteiger partial charge in [-0.2, -0.15) is 16.9 Å². The molecule has 6 nitrogen and oxygen atoms in total. The third-order valence-electron chi connectivity index (χ3n) is 3.90. The van der Waals surface area contributed by atoms with Crippen LogP contribution in [0, 0.1) is 13.8 Å². The second-order valence-electron chi connectivity index (χ2n) is 5.61. The summed E-state index contributed by atoms with van der Waals surface area (Å²) in [6.07, 6.45) is 4.64. The first-order chi connectivity index (χ1) is 11.6. The summed E-state index contributed by atoms with van der Waals surface area (Å²) in [7, 11) is 1.97. The van der Waals surface area contributed by atoms with Gasteiger partial charge in [0.25, 0.3) is 0 Å². The number of hydrogen-bond acceptors (Lipinski definition) is 4. The molecule has 0 atom stereocenters. The number of nitrogens with zero attached hydrogens (tertiary/aromatic N) is 3. The van der Waals surface area contributed by atoms with Crippen LogP contribution in [0.4, 0.5) is 0 Å². The van der Waals surface area contributed by atoms with Crippen LogP contribution in [-0.4, -0.2) is 40.8 Å². The van der Waals surface area contributed by atoms with Crippen molar-refractivity contribution in [2.45, 2.75) is 26.8 Å². The topological polar surface area (TPSA) is 67.4 Å². The van der Waals surface area contributed by atoms with Crippen molar-refractivity contribution in [1.29, 1.82) is 0 Å². The van der Waals surface area contributed by atoms with Gasteiger partial charge < -0.3 is 15.1 Å². The van der Waals surface area contributed by atoms with Crippen LogP contribution in [0.5, 0.6) is 0 Å². The predicted molar refractivity (Wildman–Crippen MR) is 116 cm³/mol. The molecule has 140 valence electrons. The SMILES string of the molecule is CSCCNC(=NCc1c(C)nn(C)c1C)NCCc1ccco1.I. The molecule has 0 fully saturated rings. The highest BCUT2D eigenvalue weighted by molar-refractivity contribution is 14.0. The maximum Gasteiger partial charge on any atom is 0.191 e. The standard InChI is InChI=1S/C17H27N5OS.HI/c1-13-16(14(2)22(3)21-13)12-20-17(19-9-11-24-4)18-8-7-15-6-5-10-23-15;/h5-6,10H,7-9,11-12H2,1-4H3,(H2,18,19,20);1H. The molecule has 0 aliphatic heterocycles. The lowest BCUT2D eigenvalue weighted by atomic mass is 10.2. The Morgan fingerprint density at radius 1 is 1.32 bits per heavy atom. The first-order valence-electron chi connectivity index (χ1n) is 8.14. The Bertz CT molecular complexity index is 654. The molecule has 0 radical (unpaired) electrons.